The molecule has 1 heterocycles. The van der Waals surface area contributed by atoms with Crippen LogP contribution in [0.15, 0.2) is 23.1 Å². The normalized spacial score (nSPS) is 10.1. The van der Waals surface area contributed by atoms with Gasteiger partial charge in [0, 0.05) is 0 Å². The van der Waals surface area contributed by atoms with Crippen molar-refractivity contribution in [1.29, 1.82) is 0 Å². The summed E-state index contributed by atoms with van der Waals surface area (Å²) in [6.07, 6.45) is 2.86. The standard InChI is InChI=1S/C10H15NO/c1-3-7-11-8-10-6-5-9(4-2)12-10/h4-6,11H,2-3,7-8H2,1H3. The van der Waals surface area contributed by atoms with E-state index >= 15 is 0 Å². The number of rotatable bonds is 5. The lowest BCUT2D eigenvalue weighted by atomic mass is 10.4. The Labute approximate surface area is 73.3 Å². The summed E-state index contributed by atoms with van der Waals surface area (Å²) >= 11 is 0. The summed E-state index contributed by atoms with van der Waals surface area (Å²) in [5, 5.41) is 3.26. The van der Waals surface area contributed by atoms with Crippen molar-refractivity contribution in [3.05, 3.63) is 30.2 Å². The smallest absolute Gasteiger partial charge is 0.126 e. The van der Waals surface area contributed by atoms with Gasteiger partial charge in [0.15, 0.2) is 0 Å². The highest BCUT2D eigenvalue weighted by Gasteiger charge is 1.96. The van der Waals surface area contributed by atoms with Crippen molar-refractivity contribution < 1.29 is 4.42 Å². The Morgan fingerprint density at radius 1 is 1.58 bits per heavy atom. The van der Waals surface area contributed by atoms with Crippen LogP contribution in [0.25, 0.3) is 6.08 Å². The van der Waals surface area contributed by atoms with Crippen LogP contribution in [0.5, 0.6) is 0 Å². The fraction of sp³-hybridized carbons (Fsp3) is 0.400. The summed E-state index contributed by atoms with van der Waals surface area (Å²) in [4.78, 5) is 0. The first-order valence-corrected chi connectivity index (χ1v) is 4.28. The van der Waals surface area contributed by atoms with Crippen LogP contribution in [0.4, 0.5) is 0 Å². The molecule has 0 radical (unpaired) electrons. The first-order chi connectivity index (χ1) is 5.86. The summed E-state index contributed by atoms with van der Waals surface area (Å²) in [7, 11) is 0. The molecule has 0 saturated carbocycles. The van der Waals surface area contributed by atoms with E-state index < -0.39 is 0 Å². The first kappa shape index (κ1) is 9.07. The van der Waals surface area contributed by atoms with Gasteiger partial charge in [0.05, 0.1) is 6.54 Å². The average molecular weight is 165 g/mol. The van der Waals surface area contributed by atoms with Gasteiger partial charge in [-0.1, -0.05) is 13.5 Å². The van der Waals surface area contributed by atoms with Crippen LogP contribution in [0.1, 0.15) is 24.9 Å². The molecule has 0 aliphatic heterocycles. The highest BCUT2D eigenvalue weighted by molar-refractivity contribution is 5.39. The third-order valence-corrected chi connectivity index (χ3v) is 1.61. The number of furan rings is 1. The Morgan fingerprint density at radius 2 is 2.42 bits per heavy atom. The van der Waals surface area contributed by atoms with E-state index in [9.17, 15) is 0 Å². The van der Waals surface area contributed by atoms with Gasteiger partial charge >= 0.3 is 0 Å². The molecule has 1 aromatic heterocycles. The fourth-order valence-electron chi connectivity index (χ4n) is 0.988. The van der Waals surface area contributed by atoms with Gasteiger partial charge in [-0.2, -0.15) is 0 Å². The molecule has 66 valence electrons. The summed E-state index contributed by atoms with van der Waals surface area (Å²) < 4.78 is 5.40. The molecule has 0 saturated heterocycles. The Morgan fingerprint density at radius 3 is 3.00 bits per heavy atom. The maximum Gasteiger partial charge on any atom is 0.126 e. The van der Waals surface area contributed by atoms with E-state index in [0.29, 0.717) is 0 Å². The highest BCUT2D eigenvalue weighted by Crippen LogP contribution is 2.07. The molecule has 0 atom stereocenters. The van der Waals surface area contributed by atoms with Crippen LogP contribution in [0.3, 0.4) is 0 Å². The lowest BCUT2D eigenvalue weighted by Gasteiger charge is -1.97. The Bertz CT molecular complexity index is 240. The van der Waals surface area contributed by atoms with Gasteiger partial charge in [-0.15, -0.1) is 0 Å². The van der Waals surface area contributed by atoms with Crippen molar-refractivity contribution >= 4 is 6.08 Å². The van der Waals surface area contributed by atoms with Gasteiger partial charge in [0.2, 0.25) is 0 Å². The molecule has 1 rings (SSSR count). The van der Waals surface area contributed by atoms with Crippen LogP contribution >= 0.6 is 0 Å². The molecule has 0 amide bonds. The Kier molecular flexibility index (Phi) is 3.61. The first-order valence-electron chi connectivity index (χ1n) is 4.28. The van der Waals surface area contributed by atoms with E-state index in [1.807, 2.05) is 12.1 Å². The molecule has 12 heavy (non-hydrogen) atoms. The lowest BCUT2D eigenvalue weighted by Crippen LogP contribution is -2.12. The molecule has 1 aromatic rings. The summed E-state index contributed by atoms with van der Waals surface area (Å²) in [5.74, 6) is 1.81. The molecule has 0 fully saturated rings. The monoisotopic (exact) mass is 165 g/mol. The van der Waals surface area contributed by atoms with E-state index in [1.54, 1.807) is 6.08 Å². The third-order valence-electron chi connectivity index (χ3n) is 1.61. The second-order valence-corrected chi connectivity index (χ2v) is 2.68. The maximum absolute atomic E-state index is 5.40. The zero-order valence-corrected chi connectivity index (χ0v) is 7.47. The molecule has 0 bridgehead atoms. The van der Waals surface area contributed by atoms with Crippen molar-refractivity contribution in [2.24, 2.45) is 0 Å². The zero-order chi connectivity index (χ0) is 8.81. The molecule has 0 aliphatic rings. The predicted octanol–water partition coefficient (Wildman–Crippen LogP) is 2.42. The van der Waals surface area contributed by atoms with Crippen molar-refractivity contribution in [2.45, 2.75) is 19.9 Å². The van der Waals surface area contributed by atoms with E-state index in [2.05, 4.69) is 18.8 Å². The van der Waals surface area contributed by atoms with Crippen LogP contribution in [-0.2, 0) is 6.54 Å². The predicted molar refractivity (Wildman–Crippen MR) is 50.8 cm³/mol. The van der Waals surface area contributed by atoms with Crippen LogP contribution in [0.2, 0.25) is 0 Å². The minimum absolute atomic E-state index is 0.807. The average Bonchev–Trinajstić information content (AvgIpc) is 2.53. The molecule has 0 aliphatic carbocycles. The minimum Gasteiger partial charge on any atom is -0.460 e. The molecular formula is C10H15NO. The van der Waals surface area contributed by atoms with Crippen molar-refractivity contribution in [3.8, 4) is 0 Å². The molecule has 0 unspecified atom stereocenters. The molecule has 2 heteroatoms. The molecule has 2 nitrogen and oxygen atoms in total. The minimum atomic E-state index is 0.807. The summed E-state index contributed by atoms with van der Waals surface area (Å²) in [5.41, 5.74) is 0. The topological polar surface area (TPSA) is 25.2 Å². The van der Waals surface area contributed by atoms with Gasteiger partial charge in [-0.3, -0.25) is 0 Å². The quantitative estimate of drug-likeness (QED) is 0.678. The van der Waals surface area contributed by atoms with Crippen molar-refractivity contribution in [3.63, 3.8) is 0 Å². The number of nitrogens with one attached hydrogen (secondary N) is 1. The molecular weight excluding hydrogens is 150 g/mol. The van der Waals surface area contributed by atoms with Gasteiger partial charge in [-0.05, 0) is 31.2 Å². The molecule has 0 spiro atoms. The largest absolute Gasteiger partial charge is 0.460 e. The Balaban J connectivity index is 2.36. The van der Waals surface area contributed by atoms with Crippen LogP contribution < -0.4 is 5.32 Å². The summed E-state index contributed by atoms with van der Waals surface area (Å²) in [6, 6.07) is 3.90. The van der Waals surface area contributed by atoms with Crippen molar-refractivity contribution in [1.82, 2.24) is 5.32 Å². The second-order valence-electron chi connectivity index (χ2n) is 2.68. The van der Waals surface area contributed by atoms with Crippen LogP contribution in [-0.4, -0.2) is 6.54 Å². The van der Waals surface area contributed by atoms with Crippen LogP contribution in [0, 0.1) is 0 Å². The van der Waals surface area contributed by atoms with Crippen molar-refractivity contribution in [2.75, 3.05) is 6.54 Å². The van der Waals surface area contributed by atoms with E-state index in [-0.39, 0.29) is 0 Å². The number of hydrogen-bond donors (Lipinski definition) is 1. The summed E-state index contributed by atoms with van der Waals surface area (Å²) in [6.45, 7) is 7.61. The third kappa shape index (κ3) is 2.55. The fourth-order valence-corrected chi connectivity index (χ4v) is 0.988. The van der Waals surface area contributed by atoms with Gasteiger partial charge in [-0.25, -0.2) is 0 Å². The Hall–Kier alpha value is -1.02. The van der Waals surface area contributed by atoms with Gasteiger partial charge < -0.3 is 9.73 Å². The zero-order valence-electron chi connectivity index (χ0n) is 7.47. The van der Waals surface area contributed by atoms with Gasteiger partial charge in [0.1, 0.15) is 11.5 Å². The second kappa shape index (κ2) is 4.78. The molecule has 1 N–H and O–H groups in total. The lowest BCUT2D eigenvalue weighted by molar-refractivity contribution is 0.477. The number of hydrogen-bond acceptors (Lipinski definition) is 2. The van der Waals surface area contributed by atoms with E-state index in [4.69, 9.17) is 4.42 Å². The SMILES string of the molecule is C=Cc1ccc(CNCCC)o1. The highest BCUT2D eigenvalue weighted by atomic mass is 16.3. The van der Waals surface area contributed by atoms with E-state index in [1.165, 1.54) is 0 Å². The maximum atomic E-state index is 5.40. The molecule has 0 aromatic carbocycles. The van der Waals surface area contributed by atoms with Gasteiger partial charge in [0.25, 0.3) is 0 Å². The van der Waals surface area contributed by atoms with E-state index in [0.717, 1.165) is 31.0 Å².